The Balaban J connectivity index is 1.54. The van der Waals surface area contributed by atoms with Crippen molar-refractivity contribution in [1.82, 2.24) is 35.6 Å². The summed E-state index contributed by atoms with van der Waals surface area (Å²) in [5.74, 6) is -0.190. The fraction of sp³-hybridized carbons (Fsp3) is 0.368. The summed E-state index contributed by atoms with van der Waals surface area (Å²) in [5, 5.41) is 19.6. The number of nitrogens with zero attached hydrogens (tertiary/aromatic N) is 7. The van der Waals surface area contributed by atoms with Crippen LogP contribution in [0.15, 0.2) is 38.9 Å². The van der Waals surface area contributed by atoms with Crippen molar-refractivity contribution in [2.45, 2.75) is 30.7 Å². The number of nitrogens with one attached hydrogen (secondary N) is 1. The highest BCUT2D eigenvalue weighted by Crippen LogP contribution is 2.20. The van der Waals surface area contributed by atoms with Gasteiger partial charge < -0.3 is 5.73 Å². The Hall–Kier alpha value is -3.25. The number of carbonyl (C=O) groups excluding carboxylic acids is 1. The first-order chi connectivity index (χ1) is 15.2. The maximum absolute atomic E-state index is 12.8. The van der Waals surface area contributed by atoms with Gasteiger partial charge in [-0.1, -0.05) is 23.8 Å². The van der Waals surface area contributed by atoms with Gasteiger partial charge in [0, 0.05) is 11.4 Å². The number of carbonyl (C=O) groups is 1. The Morgan fingerprint density at radius 1 is 1.26 bits per heavy atom. The molecule has 0 saturated carbocycles. The lowest BCUT2D eigenvalue weighted by Gasteiger charge is -2.26. The molecule has 0 atom stereocenters. The molecule has 1 aliphatic heterocycles. The van der Waals surface area contributed by atoms with Crippen molar-refractivity contribution in [2.75, 3.05) is 25.1 Å². The Morgan fingerprint density at radius 3 is 2.71 bits per heavy atom. The van der Waals surface area contributed by atoms with Gasteiger partial charge in [-0.2, -0.15) is 9.78 Å². The zero-order valence-corrected chi connectivity index (χ0v) is 17.9. The first kappa shape index (κ1) is 21.0. The molecule has 4 rings (SSSR count). The summed E-state index contributed by atoms with van der Waals surface area (Å²) in [5.41, 5.74) is 9.94. The van der Waals surface area contributed by atoms with Gasteiger partial charge in [-0.3, -0.25) is 9.69 Å². The molecule has 1 saturated heterocycles. The molecule has 1 aliphatic rings. The average Bonchev–Trinajstić information content (AvgIpc) is 3.40. The number of piperidine rings is 1. The Morgan fingerprint density at radius 2 is 2.03 bits per heavy atom. The van der Waals surface area contributed by atoms with Gasteiger partial charge in [0.15, 0.2) is 5.69 Å². The zero-order chi connectivity index (χ0) is 21.6. The lowest BCUT2D eigenvalue weighted by Crippen LogP contribution is -2.31. The molecule has 0 bridgehead atoms. The Bertz CT molecular complexity index is 1050. The molecule has 162 valence electrons. The third kappa shape index (κ3) is 4.91. The summed E-state index contributed by atoms with van der Waals surface area (Å²) in [6.45, 7) is 2.34. The van der Waals surface area contributed by atoms with Crippen LogP contribution in [0.5, 0.6) is 0 Å². The van der Waals surface area contributed by atoms with Gasteiger partial charge in [0.2, 0.25) is 11.6 Å². The van der Waals surface area contributed by atoms with E-state index in [2.05, 4.69) is 36.1 Å². The van der Waals surface area contributed by atoms with Gasteiger partial charge in [-0.15, -0.1) is 16.9 Å². The van der Waals surface area contributed by atoms with E-state index in [-0.39, 0.29) is 17.3 Å². The number of amides is 1. The molecule has 1 aromatic carbocycles. The normalized spacial score (nSPS) is 14.9. The van der Waals surface area contributed by atoms with E-state index in [9.17, 15) is 4.79 Å². The summed E-state index contributed by atoms with van der Waals surface area (Å²) >= 11 is 1.66. The Labute approximate surface area is 183 Å². The van der Waals surface area contributed by atoms with Crippen LogP contribution in [-0.2, 0) is 6.54 Å². The summed E-state index contributed by atoms with van der Waals surface area (Å²) < 4.78 is 6.09. The van der Waals surface area contributed by atoms with Gasteiger partial charge in [0.1, 0.15) is 0 Å². The zero-order valence-electron chi connectivity index (χ0n) is 17.1. The number of likely N-dealkylation sites (tertiary alicyclic amines) is 1. The van der Waals surface area contributed by atoms with Gasteiger partial charge in [0.25, 0.3) is 5.91 Å². The molecule has 0 unspecified atom stereocenters. The predicted molar refractivity (Wildman–Crippen MR) is 116 cm³/mol. The number of nitrogen functional groups attached to an aromatic ring is 1. The van der Waals surface area contributed by atoms with E-state index in [1.54, 1.807) is 18.0 Å². The van der Waals surface area contributed by atoms with E-state index in [1.807, 2.05) is 30.5 Å². The molecule has 0 aliphatic carbocycles. The highest BCUT2D eigenvalue weighted by molar-refractivity contribution is 7.98. The maximum atomic E-state index is 12.8. The number of hydrogen-bond donors (Lipinski definition) is 2. The molecule has 31 heavy (non-hydrogen) atoms. The van der Waals surface area contributed by atoms with Crippen molar-refractivity contribution in [3.8, 4) is 5.82 Å². The molecule has 2 aromatic heterocycles. The van der Waals surface area contributed by atoms with Crippen molar-refractivity contribution in [3.63, 3.8) is 0 Å². The van der Waals surface area contributed by atoms with E-state index in [1.165, 1.54) is 11.1 Å². The van der Waals surface area contributed by atoms with Crippen molar-refractivity contribution >= 4 is 29.7 Å². The smallest absolute Gasteiger partial charge is 0.293 e. The van der Waals surface area contributed by atoms with Gasteiger partial charge in [0.05, 0.1) is 11.9 Å². The fourth-order valence-electron chi connectivity index (χ4n) is 3.37. The van der Waals surface area contributed by atoms with Crippen LogP contribution in [0.1, 0.15) is 41.0 Å². The first-order valence-electron chi connectivity index (χ1n) is 9.88. The van der Waals surface area contributed by atoms with Crippen LogP contribution in [0.3, 0.4) is 0 Å². The molecular weight excluding hydrogens is 418 g/mol. The van der Waals surface area contributed by atoms with Crippen molar-refractivity contribution in [2.24, 2.45) is 5.10 Å². The molecule has 11 nitrogen and oxygen atoms in total. The quantitative estimate of drug-likeness (QED) is 0.318. The van der Waals surface area contributed by atoms with E-state index in [4.69, 9.17) is 10.4 Å². The number of hydrogen-bond acceptors (Lipinski definition) is 10. The van der Waals surface area contributed by atoms with Crippen LogP contribution in [0.4, 0.5) is 5.82 Å². The number of nitrogens with two attached hydrogens (primary N) is 1. The standard InChI is InChI=1S/C19H23N9O2S/c1-31-14-7-5-13(6-8-14)11-21-23-19(29)16-15(12-27-9-3-2-4-10-27)28(26-22-16)18-17(20)24-30-25-18/h5-8,11H,2-4,9-10,12H2,1H3,(H2,20,24)(H,23,29)/b21-11+. The molecule has 1 fully saturated rings. The van der Waals surface area contributed by atoms with Crippen LogP contribution >= 0.6 is 11.8 Å². The molecule has 0 radical (unpaired) electrons. The highest BCUT2D eigenvalue weighted by atomic mass is 32.2. The lowest BCUT2D eigenvalue weighted by molar-refractivity contribution is 0.0947. The SMILES string of the molecule is CSc1ccc(/C=N/NC(=O)c2nnn(-c3nonc3N)c2CN2CCCCC2)cc1. The minimum Gasteiger partial charge on any atom is -0.378 e. The molecule has 3 N–H and O–H groups in total. The maximum Gasteiger partial charge on any atom is 0.293 e. The second kappa shape index (κ2) is 9.71. The minimum atomic E-state index is -0.467. The van der Waals surface area contributed by atoms with Crippen molar-refractivity contribution in [3.05, 3.63) is 41.2 Å². The number of rotatable bonds is 7. The largest absolute Gasteiger partial charge is 0.378 e. The summed E-state index contributed by atoms with van der Waals surface area (Å²) in [6.07, 6.45) is 7.01. The third-order valence-electron chi connectivity index (χ3n) is 4.99. The summed E-state index contributed by atoms with van der Waals surface area (Å²) in [6, 6.07) is 7.85. The van der Waals surface area contributed by atoms with E-state index in [0.29, 0.717) is 12.2 Å². The molecule has 1 amide bonds. The van der Waals surface area contributed by atoms with Gasteiger partial charge in [-0.25, -0.2) is 10.1 Å². The Kier molecular flexibility index (Phi) is 6.57. The lowest BCUT2D eigenvalue weighted by atomic mass is 10.1. The number of aromatic nitrogens is 5. The summed E-state index contributed by atoms with van der Waals surface area (Å²) in [7, 11) is 0. The van der Waals surface area contributed by atoms with Crippen LogP contribution in [0.25, 0.3) is 5.82 Å². The number of benzene rings is 1. The number of thioether (sulfide) groups is 1. The molecular formula is C19H23N9O2S. The van der Waals surface area contributed by atoms with Crippen molar-refractivity contribution < 1.29 is 9.42 Å². The average molecular weight is 442 g/mol. The van der Waals surface area contributed by atoms with Crippen LogP contribution in [-0.4, -0.2) is 61.7 Å². The molecule has 3 heterocycles. The van der Waals surface area contributed by atoms with Crippen molar-refractivity contribution in [1.29, 1.82) is 0 Å². The second-order valence-corrected chi connectivity index (χ2v) is 7.96. The van der Waals surface area contributed by atoms with E-state index >= 15 is 0 Å². The van der Waals surface area contributed by atoms with E-state index in [0.717, 1.165) is 36.4 Å². The first-order valence-corrected chi connectivity index (χ1v) is 11.1. The summed E-state index contributed by atoms with van der Waals surface area (Å²) in [4.78, 5) is 16.2. The third-order valence-corrected chi connectivity index (χ3v) is 5.74. The molecule has 3 aromatic rings. The van der Waals surface area contributed by atoms with Crippen LogP contribution in [0, 0.1) is 0 Å². The minimum absolute atomic E-state index is 0.0727. The van der Waals surface area contributed by atoms with E-state index < -0.39 is 5.91 Å². The van der Waals surface area contributed by atoms with Crippen LogP contribution < -0.4 is 11.2 Å². The highest BCUT2D eigenvalue weighted by Gasteiger charge is 2.26. The second-order valence-electron chi connectivity index (χ2n) is 7.08. The van der Waals surface area contributed by atoms with Gasteiger partial charge >= 0.3 is 0 Å². The monoisotopic (exact) mass is 441 g/mol. The van der Waals surface area contributed by atoms with Crippen LogP contribution in [0.2, 0.25) is 0 Å². The van der Waals surface area contributed by atoms with Gasteiger partial charge in [-0.05, 0) is 60.2 Å². The fourth-order valence-corrected chi connectivity index (χ4v) is 3.77. The predicted octanol–water partition coefficient (Wildman–Crippen LogP) is 1.70. The number of anilines is 1. The molecule has 0 spiro atoms. The topological polar surface area (TPSA) is 140 Å². The molecule has 12 heteroatoms. The number of hydrazone groups is 1.